The molecule has 0 aromatic heterocycles. The van der Waals surface area contributed by atoms with E-state index >= 15 is 0 Å². The quantitative estimate of drug-likeness (QED) is 0.830. The number of halogens is 2. The summed E-state index contributed by atoms with van der Waals surface area (Å²) in [6, 6.07) is 4.56. The topological polar surface area (TPSA) is 66.4 Å². The Morgan fingerprint density at radius 1 is 1.41 bits per heavy atom. The standard InChI is InChI=1S/C11H11Cl2NO3/c1-2-7(11(16)17)10(15)14-9-4-3-6(12)5-8(9)13/h3-5,7H,2H2,1H3,(H,14,15)(H,16,17). The van der Waals surface area contributed by atoms with Crippen LogP contribution in [0.15, 0.2) is 18.2 Å². The van der Waals surface area contributed by atoms with Crippen molar-refractivity contribution >= 4 is 40.8 Å². The lowest BCUT2D eigenvalue weighted by atomic mass is 10.1. The zero-order valence-electron chi connectivity index (χ0n) is 9.04. The molecule has 0 aliphatic carbocycles. The maximum absolute atomic E-state index is 11.6. The Bertz CT molecular complexity index is 448. The summed E-state index contributed by atoms with van der Waals surface area (Å²) in [5, 5.41) is 12.0. The maximum atomic E-state index is 11.6. The van der Waals surface area contributed by atoms with Gasteiger partial charge in [0.05, 0.1) is 10.7 Å². The fraction of sp³-hybridized carbons (Fsp3) is 0.273. The Kier molecular flexibility index (Phi) is 4.78. The molecule has 1 aromatic carbocycles. The first-order valence-electron chi connectivity index (χ1n) is 4.94. The predicted octanol–water partition coefficient (Wildman–Crippen LogP) is 3.04. The molecule has 0 aliphatic heterocycles. The van der Waals surface area contributed by atoms with Crippen molar-refractivity contribution in [2.24, 2.45) is 5.92 Å². The van der Waals surface area contributed by atoms with Crippen LogP contribution in [0.5, 0.6) is 0 Å². The highest BCUT2D eigenvalue weighted by atomic mass is 35.5. The number of carbonyl (C=O) groups excluding carboxylic acids is 1. The normalized spacial score (nSPS) is 11.9. The fourth-order valence-electron chi connectivity index (χ4n) is 1.28. The Morgan fingerprint density at radius 2 is 2.06 bits per heavy atom. The van der Waals surface area contributed by atoms with Crippen molar-refractivity contribution in [1.29, 1.82) is 0 Å². The highest BCUT2D eigenvalue weighted by Crippen LogP contribution is 2.25. The summed E-state index contributed by atoms with van der Waals surface area (Å²) in [6.07, 6.45) is 0.215. The fourth-order valence-corrected chi connectivity index (χ4v) is 1.74. The summed E-state index contributed by atoms with van der Waals surface area (Å²) in [7, 11) is 0. The van der Waals surface area contributed by atoms with Gasteiger partial charge in [0.2, 0.25) is 5.91 Å². The predicted molar refractivity (Wildman–Crippen MR) is 66.5 cm³/mol. The van der Waals surface area contributed by atoms with E-state index in [9.17, 15) is 9.59 Å². The molecule has 92 valence electrons. The molecule has 0 aliphatic rings. The zero-order valence-corrected chi connectivity index (χ0v) is 10.5. The van der Waals surface area contributed by atoms with Gasteiger partial charge in [0.1, 0.15) is 5.92 Å². The number of anilines is 1. The molecule has 0 radical (unpaired) electrons. The number of hydrogen-bond acceptors (Lipinski definition) is 2. The van der Waals surface area contributed by atoms with E-state index in [0.717, 1.165) is 0 Å². The van der Waals surface area contributed by atoms with Crippen molar-refractivity contribution in [3.05, 3.63) is 28.2 Å². The summed E-state index contributed by atoms with van der Waals surface area (Å²) >= 11 is 11.6. The SMILES string of the molecule is CCC(C(=O)O)C(=O)Nc1ccc(Cl)cc1Cl. The molecule has 2 N–H and O–H groups in total. The summed E-state index contributed by atoms with van der Waals surface area (Å²) < 4.78 is 0. The molecule has 0 fully saturated rings. The number of carbonyl (C=O) groups is 2. The molecule has 4 nitrogen and oxygen atoms in total. The second-order valence-corrected chi connectivity index (χ2v) is 4.26. The molecule has 0 saturated carbocycles. The molecule has 6 heteroatoms. The largest absolute Gasteiger partial charge is 0.481 e. The van der Waals surface area contributed by atoms with Gasteiger partial charge in [-0.3, -0.25) is 9.59 Å². The molecule has 1 unspecified atom stereocenters. The molecule has 1 rings (SSSR count). The van der Waals surface area contributed by atoms with E-state index in [4.69, 9.17) is 28.3 Å². The molecule has 1 amide bonds. The van der Waals surface area contributed by atoms with E-state index < -0.39 is 17.8 Å². The smallest absolute Gasteiger partial charge is 0.316 e. The van der Waals surface area contributed by atoms with Crippen molar-refractivity contribution < 1.29 is 14.7 Å². The van der Waals surface area contributed by atoms with E-state index in [2.05, 4.69) is 5.32 Å². The molecule has 17 heavy (non-hydrogen) atoms. The summed E-state index contributed by atoms with van der Waals surface area (Å²) in [4.78, 5) is 22.4. The molecule has 0 saturated heterocycles. The second kappa shape index (κ2) is 5.89. The Balaban J connectivity index is 2.84. The third kappa shape index (κ3) is 3.61. The number of aliphatic carboxylic acids is 1. The summed E-state index contributed by atoms with van der Waals surface area (Å²) in [5.41, 5.74) is 0.348. The lowest BCUT2D eigenvalue weighted by Crippen LogP contribution is -2.29. The molecule has 0 bridgehead atoms. The maximum Gasteiger partial charge on any atom is 0.316 e. The van der Waals surface area contributed by atoms with Crippen LogP contribution in [0, 0.1) is 5.92 Å². The summed E-state index contributed by atoms with van der Waals surface area (Å²) in [6.45, 7) is 1.63. The minimum atomic E-state index is -1.16. The molecule has 1 aromatic rings. The number of carboxylic acid groups (broad SMARTS) is 1. The van der Waals surface area contributed by atoms with Gasteiger partial charge in [-0.15, -0.1) is 0 Å². The average Bonchev–Trinajstić information content (AvgIpc) is 2.22. The van der Waals surface area contributed by atoms with Gasteiger partial charge < -0.3 is 10.4 Å². The van der Waals surface area contributed by atoms with Gasteiger partial charge in [0.15, 0.2) is 0 Å². The average molecular weight is 276 g/mol. The number of nitrogens with one attached hydrogen (secondary N) is 1. The van der Waals surface area contributed by atoms with Crippen molar-refractivity contribution in [2.75, 3.05) is 5.32 Å². The van der Waals surface area contributed by atoms with Crippen LogP contribution in [0.2, 0.25) is 10.0 Å². The van der Waals surface area contributed by atoms with Gasteiger partial charge in [-0.05, 0) is 24.6 Å². The Hall–Kier alpha value is -1.26. The lowest BCUT2D eigenvalue weighted by molar-refractivity contribution is -0.145. The van der Waals surface area contributed by atoms with E-state index in [1.54, 1.807) is 13.0 Å². The number of carboxylic acids is 1. The molecule has 0 heterocycles. The number of amides is 1. The van der Waals surface area contributed by atoms with Gasteiger partial charge in [-0.25, -0.2) is 0 Å². The highest BCUT2D eigenvalue weighted by Gasteiger charge is 2.24. The van der Waals surface area contributed by atoms with E-state index in [1.165, 1.54) is 12.1 Å². The van der Waals surface area contributed by atoms with Crippen molar-refractivity contribution in [1.82, 2.24) is 0 Å². The van der Waals surface area contributed by atoms with E-state index in [-0.39, 0.29) is 11.4 Å². The first kappa shape index (κ1) is 13.8. The molecule has 1 atom stereocenters. The third-order valence-corrected chi connectivity index (χ3v) is 2.76. The van der Waals surface area contributed by atoms with Gasteiger partial charge in [0.25, 0.3) is 0 Å². The Labute approximate surface area is 109 Å². The van der Waals surface area contributed by atoms with Crippen LogP contribution in [-0.2, 0) is 9.59 Å². The third-order valence-electron chi connectivity index (χ3n) is 2.21. The van der Waals surface area contributed by atoms with Crippen LogP contribution in [0.4, 0.5) is 5.69 Å². The van der Waals surface area contributed by atoms with Gasteiger partial charge >= 0.3 is 5.97 Å². The van der Waals surface area contributed by atoms with Gasteiger partial charge in [-0.1, -0.05) is 30.1 Å². The van der Waals surface area contributed by atoms with Crippen LogP contribution < -0.4 is 5.32 Å². The van der Waals surface area contributed by atoms with E-state index in [0.29, 0.717) is 10.7 Å². The molecular weight excluding hydrogens is 265 g/mol. The van der Waals surface area contributed by atoms with Gasteiger partial charge in [-0.2, -0.15) is 0 Å². The zero-order chi connectivity index (χ0) is 13.0. The second-order valence-electron chi connectivity index (χ2n) is 3.41. The van der Waals surface area contributed by atoms with Crippen molar-refractivity contribution in [3.63, 3.8) is 0 Å². The number of hydrogen-bond donors (Lipinski definition) is 2. The van der Waals surface area contributed by atoms with Crippen LogP contribution in [0.1, 0.15) is 13.3 Å². The number of rotatable bonds is 4. The van der Waals surface area contributed by atoms with Crippen LogP contribution in [-0.4, -0.2) is 17.0 Å². The van der Waals surface area contributed by atoms with Crippen LogP contribution in [0.25, 0.3) is 0 Å². The van der Waals surface area contributed by atoms with Gasteiger partial charge in [0, 0.05) is 5.02 Å². The minimum Gasteiger partial charge on any atom is -0.481 e. The Morgan fingerprint density at radius 3 is 2.53 bits per heavy atom. The number of benzene rings is 1. The lowest BCUT2D eigenvalue weighted by Gasteiger charge is -2.11. The molecular formula is C11H11Cl2NO3. The first-order chi connectivity index (χ1) is 7.95. The van der Waals surface area contributed by atoms with Crippen molar-refractivity contribution in [3.8, 4) is 0 Å². The molecule has 0 spiro atoms. The minimum absolute atomic E-state index is 0.215. The van der Waals surface area contributed by atoms with E-state index in [1.807, 2.05) is 0 Å². The summed E-state index contributed by atoms with van der Waals surface area (Å²) in [5.74, 6) is -2.83. The highest BCUT2D eigenvalue weighted by molar-refractivity contribution is 6.36. The van der Waals surface area contributed by atoms with Crippen molar-refractivity contribution in [2.45, 2.75) is 13.3 Å². The van der Waals surface area contributed by atoms with Crippen LogP contribution >= 0.6 is 23.2 Å². The monoisotopic (exact) mass is 275 g/mol. The first-order valence-corrected chi connectivity index (χ1v) is 5.70. The van der Waals surface area contributed by atoms with Crippen LogP contribution in [0.3, 0.4) is 0 Å².